The summed E-state index contributed by atoms with van der Waals surface area (Å²) < 4.78 is 10.2. The number of carbonyl (C=O) groups is 1. The number of rotatable bonds is 7. The summed E-state index contributed by atoms with van der Waals surface area (Å²) in [6.45, 7) is 2.46. The summed E-state index contributed by atoms with van der Waals surface area (Å²) in [6.07, 6.45) is 1.74. The van der Waals surface area contributed by atoms with Crippen LogP contribution in [0.4, 0.5) is 0 Å². The van der Waals surface area contributed by atoms with Crippen molar-refractivity contribution in [1.82, 2.24) is 5.32 Å². The molecule has 0 radical (unpaired) electrons. The summed E-state index contributed by atoms with van der Waals surface area (Å²) in [7, 11) is 1.37. The van der Waals surface area contributed by atoms with Gasteiger partial charge in [-0.3, -0.25) is 0 Å². The van der Waals surface area contributed by atoms with Crippen LogP contribution in [0.5, 0.6) is 0 Å². The zero-order valence-corrected chi connectivity index (χ0v) is 14.9. The van der Waals surface area contributed by atoms with Gasteiger partial charge in [-0.2, -0.15) is 0 Å². The predicted molar refractivity (Wildman–Crippen MR) is 100 cm³/mol. The second-order valence-electron chi connectivity index (χ2n) is 6.40. The Labute approximate surface area is 152 Å². The van der Waals surface area contributed by atoms with Crippen LogP contribution in [0.1, 0.15) is 34.7 Å². The number of esters is 1. The van der Waals surface area contributed by atoms with Crippen LogP contribution < -0.4 is 5.32 Å². The van der Waals surface area contributed by atoms with Crippen molar-refractivity contribution in [3.8, 4) is 0 Å². The van der Waals surface area contributed by atoms with Crippen LogP contribution in [0, 0.1) is 0 Å². The minimum absolute atomic E-state index is 0.162. The Morgan fingerprint density at radius 1 is 1.19 bits per heavy atom. The minimum atomic E-state index is -0.709. The van der Waals surface area contributed by atoms with Crippen molar-refractivity contribution in [3.63, 3.8) is 0 Å². The molecule has 5 nitrogen and oxygen atoms in total. The van der Waals surface area contributed by atoms with E-state index >= 15 is 0 Å². The number of benzene rings is 2. The Kier molecular flexibility index (Phi) is 5.71. The van der Waals surface area contributed by atoms with Gasteiger partial charge >= 0.3 is 5.97 Å². The molecule has 1 unspecified atom stereocenters. The van der Waals surface area contributed by atoms with Gasteiger partial charge in [-0.1, -0.05) is 36.4 Å². The number of carbonyl (C=O) groups excluding carboxylic acids is 1. The molecule has 0 bridgehead atoms. The fourth-order valence-corrected chi connectivity index (χ4v) is 3.00. The lowest BCUT2D eigenvalue weighted by Gasteiger charge is -2.16. The van der Waals surface area contributed by atoms with Crippen molar-refractivity contribution >= 4 is 16.7 Å². The first-order valence-electron chi connectivity index (χ1n) is 8.63. The summed E-state index contributed by atoms with van der Waals surface area (Å²) in [6, 6.07) is 15.3. The molecule has 0 fully saturated rings. The molecule has 2 atom stereocenters. The smallest absolute Gasteiger partial charge is 0.337 e. The molecule has 1 aromatic heterocycles. The number of ether oxygens (including phenoxy) is 1. The van der Waals surface area contributed by atoms with Gasteiger partial charge in [0.15, 0.2) is 0 Å². The molecule has 2 N–H and O–H groups in total. The lowest BCUT2D eigenvalue weighted by Crippen LogP contribution is -2.32. The van der Waals surface area contributed by atoms with E-state index < -0.39 is 6.10 Å². The average molecular weight is 353 g/mol. The zero-order chi connectivity index (χ0) is 18.5. The maximum absolute atomic E-state index is 11.5. The molecule has 2 aromatic carbocycles. The standard InChI is InChI=1S/C21H23NO4/c1-14(11-15-7-9-16(10-8-15)21(24)25-2)22-12-19(23)20-18-6-4-3-5-17(18)13-26-20/h3-10,13-14,19,22-23H,11-12H2,1-2H3/t14?,19-/m0/s1. The lowest BCUT2D eigenvalue weighted by atomic mass is 10.0. The van der Waals surface area contributed by atoms with Gasteiger partial charge in [0.2, 0.25) is 0 Å². The van der Waals surface area contributed by atoms with Gasteiger partial charge in [-0.25, -0.2) is 4.79 Å². The van der Waals surface area contributed by atoms with Crippen LogP contribution in [-0.2, 0) is 11.2 Å². The molecule has 0 saturated heterocycles. The summed E-state index contributed by atoms with van der Waals surface area (Å²) in [5.41, 5.74) is 1.65. The third-order valence-corrected chi connectivity index (χ3v) is 4.42. The molecule has 0 amide bonds. The largest absolute Gasteiger partial charge is 0.465 e. The van der Waals surface area contributed by atoms with Crippen LogP contribution >= 0.6 is 0 Å². The second-order valence-corrected chi connectivity index (χ2v) is 6.40. The van der Waals surface area contributed by atoms with Crippen molar-refractivity contribution in [2.45, 2.75) is 25.5 Å². The first kappa shape index (κ1) is 18.2. The molecular weight excluding hydrogens is 330 g/mol. The van der Waals surface area contributed by atoms with E-state index in [0.29, 0.717) is 17.9 Å². The average Bonchev–Trinajstić information content (AvgIpc) is 3.10. The number of furan rings is 1. The van der Waals surface area contributed by atoms with E-state index in [4.69, 9.17) is 9.15 Å². The van der Waals surface area contributed by atoms with Crippen LogP contribution in [0.3, 0.4) is 0 Å². The first-order valence-corrected chi connectivity index (χ1v) is 8.63. The quantitative estimate of drug-likeness (QED) is 0.637. The molecule has 3 aromatic rings. The Bertz CT molecular complexity index is 869. The molecule has 0 aliphatic rings. The van der Waals surface area contributed by atoms with E-state index in [1.54, 1.807) is 18.4 Å². The van der Waals surface area contributed by atoms with Crippen LogP contribution in [-0.4, -0.2) is 30.8 Å². The molecule has 1 heterocycles. The van der Waals surface area contributed by atoms with E-state index in [1.165, 1.54) is 7.11 Å². The van der Waals surface area contributed by atoms with Gasteiger partial charge in [0.05, 0.1) is 18.9 Å². The number of aliphatic hydroxyl groups excluding tert-OH is 1. The maximum atomic E-state index is 11.5. The highest BCUT2D eigenvalue weighted by molar-refractivity contribution is 5.89. The zero-order valence-electron chi connectivity index (χ0n) is 14.9. The summed E-state index contributed by atoms with van der Waals surface area (Å²) in [4.78, 5) is 11.5. The van der Waals surface area contributed by atoms with E-state index in [1.807, 2.05) is 36.4 Å². The third-order valence-electron chi connectivity index (χ3n) is 4.42. The van der Waals surface area contributed by atoms with Crippen molar-refractivity contribution in [1.29, 1.82) is 0 Å². The number of hydrogen-bond acceptors (Lipinski definition) is 5. The molecule has 5 heteroatoms. The van der Waals surface area contributed by atoms with E-state index in [2.05, 4.69) is 12.2 Å². The van der Waals surface area contributed by atoms with Crippen molar-refractivity contribution in [2.24, 2.45) is 0 Å². The molecular formula is C21H23NO4. The van der Waals surface area contributed by atoms with E-state index in [0.717, 1.165) is 22.8 Å². The maximum Gasteiger partial charge on any atom is 0.337 e. The number of aliphatic hydroxyl groups is 1. The van der Waals surface area contributed by atoms with Gasteiger partial charge in [0, 0.05) is 23.4 Å². The number of methoxy groups -OCH3 is 1. The minimum Gasteiger partial charge on any atom is -0.465 e. The summed E-state index contributed by atoms with van der Waals surface area (Å²) >= 11 is 0. The molecule has 0 aliphatic heterocycles. The molecule has 136 valence electrons. The second kappa shape index (κ2) is 8.17. The highest BCUT2D eigenvalue weighted by Crippen LogP contribution is 2.26. The molecule has 0 spiro atoms. The molecule has 0 aliphatic carbocycles. The lowest BCUT2D eigenvalue weighted by molar-refractivity contribution is 0.0600. The Balaban J connectivity index is 1.55. The highest BCUT2D eigenvalue weighted by atomic mass is 16.5. The van der Waals surface area contributed by atoms with Crippen molar-refractivity contribution in [3.05, 3.63) is 71.7 Å². The predicted octanol–water partition coefficient (Wildman–Crippen LogP) is 3.47. The molecule has 3 rings (SSSR count). The third kappa shape index (κ3) is 4.12. The highest BCUT2D eigenvalue weighted by Gasteiger charge is 2.16. The SMILES string of the molecule is COC(=O)c1ccc(CC(C)NC[C@H](O)c2occ3ccccc23)cc1. The summed E-state index contributed by atoms with van der Waals surface area (Å²) in [5, 5.41) is 15.7. The number of nitrogens with one attached hydrogen (secondary N) is 1. The van der Waals surface area contributed by atoms with Crippen LogP contribution in [0.2, 0.25) is 0 Å². The van der Waals surface area contributed by atoms with E-state index in [-0.39, 0.29) is 12.0 Å². The fourth-order valence-electron chi connectivity index (χ4n) is 3.00. The van der Waals surface area contributed by atoms with Gasteiger partial charge < -0.3 is 19.6 Å². The molecule has 26 heavy (non-hydrogen) atoms. The Morgan fingerprint density at radius 3 is 2.65 bits per heavy atom. The van der Waals surface area contributed by atoms with Gasteiger partial charge in [0.25, 0.3) is 0 Å². The Morgan fingerprint density at radius 2 is 1.92 bits per heavy atom. The summed E-state index contributed by atoms with van der Waals surface area (Å²) in [5.74, 6) is 0.249. The Hall–Kier alpha value is -2.63. The van der Waals surface area contributed by atoms with Crippen LogP contribution in [0.25, 0.3) is 10.8 Å². The number of hydrogen-bond donors (Lipinski definition) is 2. The monoisotopic (exact) mass is 353 g/mol. The molecule has 0 saturated carbocycles. The van der Waals surface area contributed by atoms with Crippen molar-refractivity contribution in [2.75, 3.05) is 13.7 Å². The van der Waals surface area contributed by atoms with Crippen molar-refractivity contribution < 1.29 is 19.1 Å². The van der Waals surface area contributed by atoms with Gasteiger partial charge in [-0.15, -0.1) is 0 Å². The first-order chi connectivity index (χ1) is 12.6. The fraction of sp³-hybridized carbons (Fsp3) is 0.286. The van der Waals surface area contributed by atoms with Gasteiger partial charge in [0.1, 0.15) is 11.9 Å². The van der Waals surface area contributed by atoms with E-state index in [9.17, 15) is 9.90 Å². The topological polar surface area (TPSA) is 71.7 Å². The van der Waals surface area contributed by atoms with Crippen LogP contribution in [0.15, 0.2) is 59.2 Å². The number of fused-ring (bicyclic) bond motifs is 1. The van der Waals surface area contributed by atoms with Gasteiger partial charge in [-0.05, 0) is 31.0 Å². The normalized spacial score (nSPS) is 13.5.